The molecule has 1 atom stereocenters. The molecular formula is C26H19ClN4O4. The Hall–Kier alpha value is -4.56. The molecule has 174 valence electrons. The molecule has 0 fully saturated rings. The summed E-state index contributed by atoms with van der Waals surface area (Å²) in [5, 5.41) is 28.0. The number of nitrogens with one attached hydrogen (secondary N) is 1. The van der Waals surface area contributed by atoms with E-state index in [1.807, 2.05) is 91.0 Å². The number of rotatable bonds is 8. The van der Waals surface area contributed by atoms with Crippen LogP contribution in [0.4, 0.5) is 17.1 Å². The lowest BCUT2D eigenvalue weighted by molar-refractivity contribution is -0.394. The lowest BCUT2D eigenvalue weighted by Gasteiger charge is -2.21. The molecule has 0 unspecified atom stereocenters. The second-order valence-corrected chi connectivity index (χ2v) is 7.97. The molecule has 0 aliphatic heterocycles. The van der Waals surface area contributed by atoms with E-state index in [4.69, 9.17) is 11.6 Å². The molecule has 0 saturated heterocycles. The van der Waals surface area contributed by atoms with Crippen molar-refractivity contribution < 1.29 is 9.85 Å². The molecule has 4 rings (SSSR count). The van der Waals surface area contributed by atoms with Gasteiger partial charge in [0.1, 0.15) is 5.02 Å². The zero-order chi connectivity index (χ0) is 24.8. The molecule has 0 aliphatic carbocycles. The highest BCUT2D eigenvalue weighted by Crippen LogP contribution is 2.40. The Bertz CT molecular complexity index is 1380. The lowest BCUT2D eigenvalue weighted by Crippen LogP contribution is -2.19. The first-order chi connectivity index (χ1) is 17.0. The molecule has 0 radical (unpaired) electrons. The predicted octanol–water partition coefficient (Wildman–Crippen LogP) is 6.80. The number of anilines is 1. The highest BCUT2D eigenvalue weighted by atomic mass is 35.5. The zero-order valence-electron chi connectivity index (χ0n) is 18.2. The maximum Gasteiger partial charge on any atom is 0.294 e. The maximum absolute atomic E-state index is 12.1. The molecule has 0 aliphatic rings. The van der Waals surface area contributed by atoms with E-state index in [2.05, 4.69) is 10.5 Å². The molecule has 0 saturated carbocycles. The van der Waals surface area contributed by atoms with Crippen LogP contribution in [0.15, 0.2) is 108 Å². The Labute approximate surface area is 205 Å². The van der Waals surface area contributed by atoms with Crippen molar-refractivity contribution in [2.75, 3.05) is 5.43 Å². The molecule has 0 bridgehead atoms. The largest absolute Gasteiger partial charge is 0.294 e. The fraction of sp³-hybridized carbons (Fsp3) is 0.0385. The van der Waals surface area contributed by atoms with Gasteiger partial charge in [0, 0.05) is 5.56 Å². The van der Waals surface area contributed by atoms with Gasteiger partial charge in [0.15, 0.2) is 0 Å². The summed E-state index contributed by atoms with van der Waals surface area (Å²) in [6.07, 6.45) is 0. The van der Waals surface area contributed by atoms with E-state index >= 15 is 0 Å². The second kappa shape index (κ2) is 10.6. The number of nitrogens with zero attached hydrogens (tertiary/aromatic N) is 3. The van der Waals surface area contributed by atoms with E-state index in [-0.39, 0.29) is 10.6 Å². The lowest BCUT2D eigenvalue weighted by atomic mass is 9.83. The highest BCUT2D eigenvalue weighted by Gasteiger charge is 2.32. The average Bonchev–Trinajstić information content (AvgIpc) is 2.87. The van der Waals surface area contributed by atoms with Gasteiger partial charge in [-0.1, -0.05) is 90.5 Å². The minimum absolute atomic E-state index is 0.189. The van der Waals surface area contributed by atoms with E-state index in [9.17, 15) is 20.2 Å². The average molecular weight is 487 g/mol. The van der Waals surface area contributed by atoms with Gasteiger partial charge in [-0.15, -0.1) is 0 Å². The van der Waals surface area contributed by atoms with Crippen LogP contribution in [0.3, 0.4) is 0 Å². The highest BCUT2D eigenvalue weighted by molar-refractivity contribution is 6.33. The van der Waals surface area contributed by atoms with Crippen molar-refractivity contribution >= 4 is 34.4 Å². The van der Waals surface area contributed by atoms with E-state index in [1.54, 1.807) is 0 Å². The quantitative estimate of drug-likeness (QED) is 0.167. The van der Waals surface area contributed by atoms with Crippen molar-refractivity contribution in [3.8, 4) is 0 Å². The molecule has 0 aromatic heterocycles. The summed E-state index contributed by atoms with van der Waals surface area (Å²) in [6, 6.07) is 29.8. The first-order valence-corrected chi connectivity index (χ1v) is 10.9. The Balaban J connectivity index is 1.99. The summed E-state index contributed by atoms with van der Waals surface area (Å²) >= 11 is 6.24. The number of nitro groups is 2. The number of halogens is 1. The van der Waals surface area contributed by atoms with Crippen LogP contribution in [-0.4, -0.2) is 15.6 Å². The third kappa shape index (κ3) is 5.34. The fourth-order valence-corrected chi connectivity index (χ4v) is 4.01. The number of hydrazone groups is 1. The Kier molecular flexibility index (Phi) is 7.13. The molecule has 0 spiro atoms. The number of para-hydroxylation sites is 1. The van der Waals surface area contributed by atoms with Gasteiger partial charge >= 0.3 is 0 Å². The fourth-order valence-electron chi connectivity index (χ4n) is 3.77. The molecule has 0 amide bonds. The third-order valence-electron chi connectivity index (χ3n) is 5.36. The number of hydrogen-bond donors (Lipinski definition) is 1. The molecule has 1 N–H and O–H groups in total. The Morgan fingerprint density at radius 3 is 1.89 bits per heavy atom. The molecule has 4 aromatic carbocycles. The SMILES string of the molecule is O=[N+]([O-])c1cc([N+](=O)[O-])c([C@@H](/C(=N\Nc2ccccc2)c2ccccc2)c2ccccc2)cc1Cl. The summed E-state index contributed by atoms with van der Waals surface area (Å²) in [5.41, 5.74) is 4.90. The van der Waals surface area contributed by atoms with Crippen LogP contribution in [-0.2, 0) is 0 Å². The van der Waals surface area contributed by atoms with Crippen LogP contribution in [0.25, 0.3) is 0 Å². The van der Waals surface area contributed by atoms with Crippen LogP contribution >= 0.6 is 11.6 Å². The first-order valence-electron chi connectivity index (χ1n) is 10.6. The monoisotopic (exact) mass is 486 g/mol. The van der Waals surface area contributed by atoms with Gasteiger partial charge in [0.25, 0.3) is 11.4 Å². The summed E-state index contributed by atoms with van der Waals surface area (Å²) < 4.78 is 0. The van der Waals surface area contributed by atoms with Crippen molar-refractivity contribution in [2.45, 2.75) is 5.92 Å². The van der Waals surface area contributed by atoms with Crippen molar-refractivity contribution in [3.05, 3.63) is 145 Å². The summed E-state index contributed by atoms with van der Waals surface area (Å²) in [5.74, 6) is -0.756. The molecule has 8 nitrogen and oxygen atoms in total. The minimum Gasteiger partial charge on any atom is -0.278 e. The summed E-state index contributed by atoms with van der Waals surface area (Å²) in [7, 11) is 0. The van der Waals surface area contributed by atoms with Gasteiger partial charge in [0.2, 0.25) is 0 Å². The Morgan fingerprint density at radius 1 is 0.771 bits per heavy atom. The van der Waals surface area contributed by atoms with Crippen molar-refractivity contribution in [1.29, 1.82) is 0 Å². The van der Waals surface area contributed by atoms with Gasteiger partial charge in [0.05, 0.1) is 33.2 Å². The van der Waals surface area contributed by atoms with Crippen molar-refractivity contribution in [1.82, 2.24) is 0 Å². The van der Waals surface area contributed by atoms with Crippen LogP contribution in [0, 0.1) is 20.2 Å². The van der Waals surface area contributed by atoms with E-state index in [1.165, 1.54) is 6.07 Å². The number of hydrogen-bond acceptors (Lipinski definition) is 6. The summed E-state index contributed by atoms with van der Waals surface area (Å²) in [6.45, 7) is 0. The molecule has 9 heteroatoms. The van der Waals surface area contributed by atoms with Crippen LogP contribution in [0.1, 0.15) is 22.6 Å². The number of benzene rings is 4. The normalized spacial score (nSPS) is 12.1. The molecule has 35 heavy (non-hydrogen) atoms. The van der Waals surface area contributed by atoms with Crippen LogP contribution in [0.2, 0.25) is 5.02 Å². The van der Waals surface area contributed by atoms with Gasteiger partial charge in [-0.05, 0) is 29.3 Å². The first kappa shape index (κ1) is 23.6. The van der Waals surface area contributed by atoms with Crippen LogP contribution in [0.5, 0.6) is 0 Å². The van der Waals surface area contributed by atoms with E-state index in [0.29, 0.717) is 16.8 Å². The standard InChI is InChI=1S/C26H19ClN4O4/c27-22-16-21(23(30(32)33)17-24(22)31(34)35)25(18-10-4-1-5-11-18)26(19-12-6-2-7-13-19)29-28-20-14-8-3-9-15-20/h1-17,25,28H/b29-26-/t25-/m0/s1. The smallest absolute Gasteiger partial charge is 0.278 e. The molecular weight excluding hydrogens is 468 g/mol. The zero-order valence-corrected chi connectivity index (χ0v) is 19.0. The topological polar surface area (TPSA) is 111 Å². The van der Waals surface area contributed by atoms with E-state index in [0.717, 1.165) is 11.8 Å². The van der Waals surface area contributed by atoms with Crippen molar-refractivity contribution in [2.24, 2.45) is 5.10 Å². The second-order valence-electron chi connectivity index (χ2n) is 7.56. The van der Waals surface area contributed by atoms with Crippen molar-refractivity contribution in [3.63, 3.8) is 0 Å². The predicted molar refractivity (Wildman–Crippen MR) is 136 cm³/mol. The van der Waals surface area contributed by atoms with Crippen LogP contribution < -0.4 is 5.43 Å². The third-order valence-corrected chi connectivity index (χ3v) is 5.66. The van der Waals surface area contributed by atoms with Gasteiger partial charge < -0.3 is 0 Å². The maximum atomic E-state index is 12.1. The number of nitro benzene ring substituents is 2. The Morgan fingerprint density at radius 2 is 1.31 bits per heavy atom. The molecule has 4 aromatic rings. The minimum atomic E-state index is -0.756. The van der Waals surface area contributed by atoms with Gasteiger partial charge in [-0.25, -0.2) is 0 Å². The van der Waals surface area contributed by atoms with E-state index < -0.39 is 27.1 Å². The summed E-state index contributed by atoms with van der Waals surface area (Å²) in [4.78, 5) is 22.1. The molecule has 0 heterocycles. The van der Waals surface area contributed by atoms with Gasteiger partial charge in [-0.2, -0.15) is 5.10 Å². The van der Waals surface area contributed by atoms with Gasteiger partial charge in [-0.3, -0.25) is 25.7 Å².